The van der Waals surface area contributed by atoms with Crippen molar-refractivity contribution >= 4 is 11.6 Å². The van der Waals surface area contributed by atoms with Gasteiger partial charge in [-0.15, -0.1) is 0 Å². The lowest BCUT2D eigenvalue weighted by atomic mass is 9.72. The molecule has 0 radical (unpaired) electrons. The highest BCUT2D eigenvalue weighted by Gasteiger charge is 2.51. The molecule has 1 aliphatic heterocycles. The van der Waals surface area contributed by atoms with Crippen LogP contribution in [0.5, 0.6) is 0 Å². The first-order valence-corrected chi connectivity index (χ1v) is 7.68. The lowest BCUT2D eigenvalue weighted by Gasteiger charge is -2.38. The minimum atomic E-state index is 0.717. The van der Waals surface area contributed by atoms with E-state index in [1.165, 1.54) is 36.2 Å². The van der Waals surface area contributed by atoms with E-state index in [9.17, 15) is 0 Å². The SMILES string of the molecule is Clc1ccc2c(c1)C1C3CCC(C3)C1c1cccn1-2. The first-order chi connectivity index (χ1) is 9.33. The lowest BCUT2D eigenvalue weighted by molar-refractivity contribution is 0.348. The summed E-state index contributed by atoms with van der Waals surface area (Å²) in [5, 5.41) is 0.885. The molecule has 96 valence electrons. The summed E-state index contributed by atoms with van der Waals surface area (Å²) in [5.41, 5.74) is 4.39. The topological polar surface area (TPSA) is 4.93 Å². The van der Waals surface area contributed by atoms with Crippen molar-refractivity contribution in [2.24, 2.45) is 11.8 Å². The Morgan fingerprint density at radius 2 is 1.89 bits per heavy atom. The second kappa shape index (κ2) is 3.46. The molecule has 1 aromatic carbocycles. The molecule has 2 fully saturated rings. The van der Waals surface area contributed by atoms with Gasteiger partial charge in [0.2, 0.25) is 0 Å². The summed E-state index contributed by atoms with van der Waals surface area (Å²) in [6, 6.07) is 11.0. The number of halogens is 1. The van der Waals surface area contributed by atoms with E-state index in [0.717, 1.165) is 28.7 Å². The highest BCUT2D eigenvalue weighted by Crippen LogP contribution is 2.63. The summed E-state index contributed by atoms with van der Waals surface area (Å²) >= 11 is 6.26. The van der Waals surface area contributed by atoms with Gasteiger partial charge >= 0.3 is 0 Å². The summed E-state index contributed by atoms with van der Waals surface area (Å²) in [6.07, 6.45) is 6.47. The molecule has 0 amide bonds. The summed E-state index contributed by atoms with van der Waals surface area (Å²) < 4.78 is 2.40. The number of fused-ring (bicyclic) bond motifs is 10. The van der Waals surface area contributed by atoms with Gasteiger partial charge in [0.1, 0.15) is 0 Å². The van der Waals surface area contributed by atoms with Crippen molar-refractivity contribution in [1.82, 2.24) is 4.57 Å². The van der Waals surface area contributed by atoms with E-state index < -0.39 is 0 Å². The molecule has 0 N–H and O–H groups in total. The Balaban J connectivity index is 1.82. The fraction of sp³-hybridized carbons (Fsp3) is 0.412. The molecule has 2 bridgehead atoms. The van der Waals surface area contributed by atoms with Gasteiger partial charge in [-0.05, 0) is 72.9 Å². The zero-order chi connectivity index (χ0) is 12.6. The van der Waals surface area contributed by atoms with Crippen LogP contribution in [0.3, 0.4) is 0 Å². The molecule has 2 aliphatic carbocycles. The van der Waals surface area contributed by atoms with Crippen LogP contribution in [-0.2, 0) is 0 Å². The van der Waals surface area contributed by atoms with E-state index in [0.29, 0.717) is 0 Å². The maximum Gasteiger partial charge on any atom is 0.0488 e. The van der Waals surface area contributed by atoms with E-state index in [-0.39, 0.29) is 0 Å². The predicted molar refractivity (Wildman–Crippen MR) is 77.1 cm³/mol. The second-order valence-corrected chi connectivity index (χ2v) is 6.83. The van der Waals surface area contributed by atoms with Crippen molar-refractivity contribution in [2.75, 3.05) is 0 Å². The van der Waals surface area contributed by atoms with Crippen LogP contribution < -0.4 is 0 Å². The van der Waals surface area contributed by atoms with Gasteiger partial charge in [-0.2, -0.15) is 0 Å². The average molecular weight is 270 g/mol. The van der Waals surface area contributed by atoms with Crippen molar-refractivity contribution in [2.45, 2.75) is 31.1 Å². The summed E-state index contributed by atoms with van der Waals surface area (Å²) in [7, 11) is 0. The van der Waals surface area contributed by atoms with Gasteiger partial charge in [0.25, 0.3) is 0 Å². The molecular formula is C17H16ClN. The fourth-order valence-electron chi connectivity index (χ4n) is 5.06. The quantitative estimate of drug-likeness (QED) is 0.651. The summed E-state index contributed by atoms with van der Waals surface area (Å²) in [5.74, 6) is 3.24. The Morgan fingerprint density at radius 3 is 2.79 bits per heavy atom. The molecule has 2 heterocycles. The van der Waals surface area contributed by atoms with Crippen molar-refractivity contribution in [3.8, 4) is 5.69 Å². The molecule has 3 aliphatic rings. The third-order valence-electron chi connectivity index (χ3n) is 5.65. The Labute approximate surface area is 118 Å². The Hall–Kier alpha value is -1.21. The number of hydrogen-bond acceptors (Lipinski definition) is 0. The van der Waals surface area contributed by atoms with Gasteiger partial charge < -0.3 is 4.57 Å². The van der Waals surface area contributed by atoms with Crippen LogP contribution in [0.4, 0.5) is 0 Å². The Bertz CT molecular complexity index is 672. The molecule has 5 rings (SSSR count). The Kier molecular flexibility index (Phi) is 1.92. The van der Waals surface area contributed by atoms with Gasteiger partial charge in [-0.1, -0.05) is 11.6 Å². The molecule has 4 unspecified atom stereocenters. The molecule has 1 aromatic heterocycles. The van der Waals surface area contributed by atoms with Gasteiger partial charge in [-0.25, -0.2) is 0 Å². The molecule has 4 atom stereocenters. The maximum absolute atomic E-state index is 6.26. The number of hydrogen-bond donors (Lipinski definition) is 0. The molecule has 2 heteroatoms. The molecular weight excluding hydrogens is 254 g/mol. The van der Waals surface area contributed by atoms with Crippen LogP contribution in [0.1, 0.15) is 42.4 Å². The largest absolute Gasteiger partial charge is 0.320 e. The fourth-order valence-corrected chi connectivity index (χ4v) is 5.24. The summed E-state index contributed by atoms with van der Waals surface area (Å²) in [6.45, 7) is 0. The van der Waals surface area contributed by atoms with Crippen molar-refractivity contribution in [1.29, 1.82) is 0 Å². The zero-order valence-corrected chi connectivity index (χ0v) is 11.5. The van der Waals surface area contributed by atoms with Crippen LogP contribution in [-0.4, -0.2) is 4.57 Å². The third kappa shape index (κ3) is 1.22. The normalized spacial score (nSPS) is 33.9. The van der Waals surface area contributed by atoms with Gasteiger partial charge in [0.05, 0.1) is 0 Å². The first-order valence-electron chi connectivity index (χ1n) is 7.30. The Morgan fingerprint density at radius 1 is 1.05 bits per heavy atom. The standard InChI is InChI=1S/C17H16ClN/c18-12-5-6-14-13(9-12)16-10-3-4-11(8-10)17(16)15-2-1-7-19(14)15/h1-2,5-7,9-11,16-17H,3-4,8H2. The number of aromatic nitrogens is 1. The van der Waals surface area contributed by atoms with E-state index in [4.69, 9.17) is 11.6 Å². The highest BCUT2D eigenvalue weighted by atomic mass is 35.5. The monoisotopic (exact) mass is 269 g/mol. The van der Waals surface area contributed by atoms with Crippen molar-refractivity contribution in [3.63, 3.8) is 0 Å². The minimum Gasteiger partial charge on any atom is -0.320 e. The van der Waals surface area contributed by atoms with Crippen LogP contribution >= 0.6 is 11.6 Å². The lowest BCUT2D eigenvalue weighted by Crippen LogP contribution is -2.26. The number of benzene rings is 1. The molecule has 0 saturated heterocycles. The van der Waals surface area contributed by atoms with Crippen LogP contribution in [0.15, 0.2) is 36.5 Å². The maximum atomic E-state index is 6.26. The molecule has 1 nitrogen and oxygen atoms in total. The van der Waals surface area contributed by atoms with Crippen LogP contribution in [0.25, 0.3) is 5.69 Å². The van der Waals surface area contributed by atoms with Crippen molar-refractivity contribution in [3.05, 3.63) is 52.8 Å². The first kappa shape index (κ1) is 10.6. The molecule has 19 heavy (non-hydrogen) atoms. The van der Waals surface area contributed by atoms with E-state index in [1.807, 2.05) is 6.07 Å². The van der Waals surface area contributed by atoms with Crippen LogP contribution in [0.2, 0.25) is 5.02 Å². The summed E-state index contributed by atoms with van der Waals surface area (Å²) in [4.78, 5) is 0. The minimum absolute atomic E-state index is 0.717. The highest BCUT2D eigenvalue weighted by molar-refractivity contribution is 6.30. The van der Waals surface area contributed by atoms with Gasteiger partial charge in [0.15, 0.2) is 0 Å². The van der Waals surface area contributed by atoms with Gasteiger partial charge in [0, 0.05) is 28.5 Å². The number of rotatable bonds is 0. The smallest absolute Gasteiger partial charge is 0.0488 e. The average Bonchev–Trinajstić information content (AvgIpc) is 3.13. The van der Waals surface area contributed by atoms with Gasteiger partial charge in [-0.3, -0.25) is 0 Å². The van der Waals surface area contributed by atoms with Crippen molar-refractivity contribution < 1.29 is 0 Å². The van der Waals surface area contributed by atoms with E-state index in [1.54, 1.807) is 0 Å². The van der Waals surface area contributed by atoms with E-state index >= 15 is 0 Å². The molecule has 2 saturated carbocycles. The van der Waals surface area contributed by atoms with Crippen LogP contribution in [0, 0.1) is 11.8 Å². The zero-order valence-electron chi connectivity index (χ0n) is 10.7. The second-order valence-electron chi connectivity index (χ2n) is 6.39. The molecule has 2 aromatic rings. The molecule has 0 spiro atoms. The third-order valence-corrected chi connectivity index (χ3v) is 5.88. The van der Waals surface area contributed by atoms with E-state index in [2.05, 4.69) is 35.0 Å². The number of nitrogens with zero attached hydrogens (tertiary/aromatic N) is 1. The predicted octanol–water partition coefficient (Wildman–Crippen LogP) is 4.74.